The van der Waals surface area contributed by atoms with Crippen molar-refractivity contribution in [3.8, 4) is 0 Å². The fourth-order valence-corrected chi connectivity index (χ4v) is 24.2. The largest absolute Gasteiger partial charge is 0.486 e. The normalized spacial score (nSPS) is 41.6. The molecule has 0 amide bonds. The Labute approximate surface area is 173 Å². The highest BCUT2D eigenvalue weighted by Crippen LogP contribution is 2.44. The monoisotopic (exact) mass is 468 g/mol. The van der Waals surface area contributed by atoms with Gasteiger partial charge in [0, 0.05) is 50.6 Å². The summed E-state index contributed by atoms with van der Waals surface area (Å²) < 4.78 is 52.1. The Hall–Kier alpha value is 0.548. The van der Waals surface area contributed by atoms with E-state index in [1.807, 2.05) is 27.7 Å². The molecule has 0 N–H and O–H groups in total. The Morgan fingerprint density at radius 1 is 0.464 bits per heavy atom. The molecule has 3 heterocycles. The highest BCUT2D eigenvalue weighted by molar-refractivity contribution is 6.89. The molecule has 0 saturated carbocycles. The van der Waals surface area contributed by atoms with Crippen molar-refractivity contribution >= 4 is 35.2 Å². The van der Waals surface area contributed by atoms with E-state index in [9.17, 15) is 0 Å². The van der Waals surface area contributed by atoms with Crippen LogP contribution >= 0.6 is 0 Å². The molecule has 3 fully saturated rings. The van der Waals surface area contributed by atoms with E-state index in [2.05, 4.69) is 0 Å². The second-order valence-electron chi connectivity index (χ2n) is 7.29. The highest BCUT2D eigenvalue weighted by Gasteiger charge is 2.68. The minimum Gasteiger partial charge on any atom is -0.375 e. The Morgan fingerprint density at radius 3 is 0.857 bits per heavy atom. The van der Waals surface area contributed by atoms with E-state index in [0.717, 1.165) is 49.9 Å². The van der Waals surface area contributed by atoms with Gasteiger partial charge in [-0.05, 0) is 53.4 Å². The van der Waals surface area contributed by atoms with Gasteiger partial charge in [-0.1, -0.05) is 0 Å². The second-order valence-corrected chi connectivity index (χ2v) is 19.2. The van der Waals surface area contributed by atoms with Gasteiger partial charge in [-0.3, -0.25) is 0 Å². The molecule has 0 unspecified atom stereocenters. The van der Waals surface area contributed by atoms with Crippen LogP contribution < -0.4 is 0 Å². The van der Waals surface area contributed by atoms with Crippen LogP contribution in [0.1, 0.15) is 53.4 Å². The fourth-order valence-electron chi connectivity index (χ4n) is 4.21. The lowest BCUT2D eigenvalue weighted by Gasteiger charge is -2.48. The summed E-state index contributed by atoms with van der Waals surface area (Å²) in [4.78, 5) is 0. The quantitative estimate of drug-likeness (QED) is 0.501. The zero-order valence-corrected chi connectivity index (χ0v) is 21.8. The summed E-state index contributed by atoms with van der Waals surface area (Å²) in [6.07, 6.45) is 3.88. The smallest absolute Gasteiger partial charge is 0.375 e. The van der Waals surface area contributed by atoms with Gasteiger partial charge in [-0.2, -0.15) is 0 Å². The SMILES string of the molecule is CCO[Si]12CCCC[Si](OCC)(O1)O[Si]1(OCC)CCCC[Si](OCC)(O1)O2. The molecule has 3 saturated heterocycles. The van der Waals surface area contributed by atoms with E-state index in [1.54, 1.807) is 0 Å². The number of hydrogen-bond acceptors (Lipinski definition) is 8. The zero-order valence-electron chi connectivity index (χ0n) is 17.8. The minimum absolute atomic E-state index is 0.521. The first-order chi connectivity index (χ1) is 13.5. The zero-order chi connectivity index (χ0) is 20.1. The molecule has 0 radical (unpaired) electrons. The maximum absolute atomic E-state index is 6.81. The van der Waals surface area contributed by atoms with Gasteiger partial charge >= 0.3 is 35.2 Å². The topological polar surface area (TPSA) is 73.8 Å². The van der Waals surface area contributed by atoms with Crippen LogP contribution in [-0.4, -0.2) is 61.6 Å². The standard InChI is InChI=1S/C16H36O8Si4/c1-5-17-25-13-9-10-14-26(21-25,18-6-2)24-28(20-8-4)16-12-11-15-27(22-28,23-25)19-7-3/h5-16H2,1-4H3. The first kappa shape index (κ1) is 23.2. The lowest BCUT2D eigenvalue weighted by Crippen LogP contribution is -2.72. The minimum atomic E-state index is -3.05. The Kier molecular flexibility index (Phi) is 8.11. The third kappa shape index (κ3) is 5.05. The average Bonchev–Trinajstić information content (AvgIpc) is 2.90. The van der Waals surface area contributed by atoms with E-state index in [-0.39, 0.29) is 0 Å². The van der Waals surface area contributed by atoms with Gasteiger partial charge in [0.15, 0.2) is 0 Å². The molecule has 3 aliphatic rings. The highest BCUT2D eigenvalue weighted by atomic mass is 28.6. The average molecular weight is 469 g/mol. The summed E-state index contributed by atoms with van der Waals surface area (Å²) in [5.74, 6) is 0. The molecule has 0 atom stereocenters. The summed E-state index contributed by atoms with van der Waals surface area (Å²) in [7, 11) is -12.2. The van der Waals surface area contributed by atoms with Crippen molar-refractivity contribution in [3.05, 3.63) is 0 Å². The van der Waals surface area contributed by atoms with E-state index in [4.69, 9.17) is 34.2 Å². The van der Waals surface area contributed by atoms with Crippen molar-refractivity contribution in [1.29, 1.82) is 0 Å². The van der Waals surface area contributed by atoms with Crippen molar-refractivity contribution in [2.24, 2.45) is 0 Å². The van der Waals surface area contributed by atoms with Crippen molar-refractivity contribution in [3.63, 3.8) is 0 Å². The van der Waals surface area contributed by atoms with Crippen LogP contribution in [-0.2, 0) is 34.2 Å². The molecule has 3 aliphatic heterocycles. The summed E-state index contributed by atoms with van der Waals surface area (Å²) >= 11 is 0. The van der Waals surface area contributed by atoms with Crippen LogP contribution in [0.15, 0.2) is 0 Å². The van der Waals surface area contributed by atoms with E-state index in [0.29, 0.717) is 26.4 Å². The van der Waals surface area contributed by atoms with Crippen LogP contribution in [0.3, 0.4) is 0 Å². The number of fused-ring (bicyclic) bond motifs is 4. The lowest BCUT2D eigenvalue weighted by molar-refractivity contribution is 0.0219. The van der Waals surface area contributed by atoms with Gasteiger partial charge < -0.3 is 34.2 Å². The molecule has 0 aromatic rings. The van der Waals surface area contributed by atoms with E-state index >= 15 is 0 Å². The number of rotatable bonds is 8. The van der Waals surface area contributed by atoms with E-state index in [1.165, 1.54) is 0 Å². The van der Waals surface area contributed by atoms with Crippen LogP contribution in [0.25, 0.3) is 0 Å². The molecule has 164 valence electrons. The molecular weight excluding hydrogens is 433 g/mol. The van der Waals surface area contributed by atoms with Crippen molar-refractivity contribution < 1.29 is 34.2 Å². The molecule has 0 aromatic heterocycles. The maximum Gasteiger partial charge on any atom is 0.486 e. The second kappa shape index (κ2) is 9.78. The van der Waals surface area contributed by atoms with Gasteiger partial charge in [0.1, 0.15) is 0 Å². The molecule has 0 aromatic carbocycles. The lowest BCUT2D eigenvalue weighted by atomic mass is 10.4. The molecule has 28 heavy (non-hydrogen) atoms. The van der Waals surface area contributed by atoms with Crippen LogP contribution in [0.5, 0.6) is 0 Å². The first-order valence-corrected chi connectivity index (χ1v) is 18.6. The van der Waals surface area contributed by atoms with Crippen LogP contribution in [0, 0.1) is 0 Å². The predicted octanol–water partition coefficient (Wildman–Crippen LogP) is 3.56. The molecular formula is C16H36O8Si4. The van der Waals surface area contributed by atoms with E-state index < -0.39 is 35.2 Å². The maximum atomic E-state index is 6.81. The fraction of sp³-hybridized carbons (Fsp3) is 1.00. The van der Waals surface area contributed by atoms with Gasteiger partial charge in [0.25, 0.3) is 0 Å². The molecule has 0 aliphatic carbocycles. The molecule has 4 bridgehead atoms. The third-order valence-corrected chi connectivity index (χ3v) is 21.9. The summed E-state index contributed by atoms with van der Waals surface area (Å²) in [5.41, 5.74) is 0. The molecule has 0 spiro atoms. The summed E-state index contributed by atoms with van der Waals surface area (Å²) in [5, 5.41) is 0. The van der Waals surface area contributed by atoms with Gasteiger partial charge in [0.05, 0.1) is 0 Å². The van der Waals surface area contributed by atoms with Crippen molar-refractivity contribution in [2.45, 2.75) is 77.6 Å². The summed E-state index contributed by atoms with van der Waals surface area (Å²) in [6.45, 7) is 9.99. The predicted molar refractivity (Wildman–Crippen MR) is 112 cm³/mol. The first-order valence-electron chi connectivity index (χ1n) is 10.8. The molecule has 3 rings (SSSR count). The van der Waals surface area contributed by atoms with Gasteiger partial charge in [-0.25, -0.2) is 0 Å². The molecule has 8 nitrogen and oxygen atoms in total. The van der Waals surface area contributed by atoms with Crippen molar-refractivity contribution in [2.75, 3.05) is 26.4 Å². The van der Waals surface area contributed by atoms with Crippen LogP contribution in [0.2, 0.25) is 24.2 Å². The van der Waals surface area contributed by atoms with Gasteiger partial charge in [-0.15, -0.1) is 0 Å². The van der Waals surface area contributed by atoms with Gasteiger partial charge in [0.2, 0.25) is 0 Å². The Bertz CT molecular complexity index is 435. The Morgan fingerprint density at radius 2 is 0.679 bits per heavy atom. The van der Waals surface area contributed by atoms with Crippen LogP contribution in [0.4, 0.5) is 0 Å². The summed E-state index contributed by atoms with van der Waals surface area (Å²) in [6, 6.07) is 3.00. The Balaban J connectivity index is 2.09. The molecule has 12 heteroatoms. The third-order valence-electron chi connectivity index (χ3n) is 5.13. The van der Waals surface area contributed by atoms with Crippen molar-refractivity contribution in [1.82, 2.24) is 0 Å². The number of hydrogen-bond donors (Lipinski definition) is 0.